The van der Waals surface area contributed by atoms with E-state index in [0.29, 0.717) is 17.7 Å². The minimum absolute atomic E-state index is 0.312. The fourth-order valence-corrected chi connectivity index (χ4v) is 3.01. The second-order valence-electron chi connectivity index (χ2n) is 5.54. The van der Waals surface area contributed by atoms with E-state index in [2.05, 4.69) is 11.9 Å². The van der Waals surface area contributed by atoms with Gasteiger partial charge in [0.1, 0.15) is 0 Å². The Morgan fingerprint density at radius 1 is 1.30 bits per heavy atom. The normalized spacial score (nSPS) is 22.9. The predicted octanol–water partition coefficient (Wildman–Crippen LogP) is 2.77. The van der Waals surface area contributed by atoms with Gasteiger partial charge >= 0.3 is 5.97 Å². The zero-order chi connectivity index (χ0) is 14.5. The molecule has 1 fully saturated rings. The Bertz CT molecular complexity index is 444. The summed E-state index contributed by atoms with van der Waals surface area (Å²) in [5, 5.41) is 8.90. The zero-order valence-electron chi connectivity index (χ0n) is 12.2. The third-order valence-electron chi connectivity index (χ3n) is 4.17. The van der Waals surface area contributed by atoms with Crippen LogP contribution in [-0.2, 0) is 11.3 Å². The molecular weight excluding hydrogens is 254 g/mol. The van der Waals surface area contributed by atoms with E-state index in [1.165, 1.54) is 19.3 Å². The smallest absolute Gasteiger partial charge is 0.335 e. The fourth-order valence-electron chi connectivity index (χ4n) is 3.01. The topological polar surface area (TPSA) is 49.8 Å². The van der Waals surface area contributed by atoms with Crippen LogP contribution in [0.25, 0.3) is 0 Å². The molecule has 1 N–H and O–H groups in total. The maximum atomic E-state index is 10.8. The van der Waals surface area contributed by atoms with E-state index in [-0.39, 0.29) is 0 Å². The molecule has 0 aliphatic heterocycles. The highest BCUT2D eigenvalue weighted by Gasteiger charge is 2.28. The highest BCUT2D eigenvalue weighted by Crippen LogP contribution is 2.25. The number of benzene rings is 1. The first-order chi connectivity index (χ1) is 9.61. The molecule has 0 bridgehead atoms. The minimum atomic E-state index is -0.878. The number of aromatic carboxylic acids is 1. The second kappa shape index (κ2) is 6.86. The van der Waals surface area contributed by atoms with Gasteiger partial charge in [0.05, 0.1) is 11.7 Å². The summed E-state index contributed by atoms with van der Waals surface area (Å²) in [5.41, 5.74) is 1.47. The molecule has 0 radical (unpaired) electrons. The summed E-state index contributed by atoms with van der Waals surface area (Å²) in [5.74, 6) is -0.878. The lowest BCUT2D eigenvalue weighted by Crippen LogP contribution is -2.43. The summed E-state index contributed by atoms with van der Waals surface area (Å²) in [7, 11) is 3.91. The Kier molecular flexibility index (Phi) is 5.15. The third-order valence-corrected chi connectivity index (χ3v) is 4.17. The standard InChI is InChI=1S/C16H23NO3/c1-17(14-5-3-4-6-15(14)20-2)11-12-7-9-13(10-8-12)16(18)19/h7-10,14-15H,3-6,11H2,1-2H3,(H,18,19). The maximum Gasteiger partial charge on any atom is 0.335 e. The number of ether oxygens (including phenoxy) is 1. The van der Waals surface area contributed by atoms with Gasteiger partial charge in [0.25, 0.3) is 0 Å². The van der Waals surface area contributed by atoms with Gasteiger partial charge in [0.2, 0.25) is 0 Å². The summed E-state index contributed by atoms with van der Waals surface area (Å²) < 4.78 is 5.59. The van der Waals surface area contributed by atoms with Crippen molar-refractivity contribution in [3.63, 3.8) is 0 Å². The molecule has 1 aromatic rings. The van der Waals surface area contributed by atoms with Gasteiger partial charge in [-0.1, -0.05) is 25.0 Å². The van der Waals surface area contributed by atoms with Crippen molar-refractivity contribution >= 4 is 5.97 Å². The SMILES string of the molecule is COC1CCCCC1N(C)Cc1ccc(C(=O)O)cc1. The zero-order valence-corrected chi connectivity index (χ0v) is 12.2. The van der Waals surface area contributed by atoms with Gasteiger partial charge in [-0.05, 0) is 37.6 Å². The molecule has 4 heteroatoms. The number of likely N-dealkylation sites (N-methyl/N-ethyl adjacent to an activating group) is 1. The number of hydrogen-bond donors (Lipinski definition) is 1. The van der Waals surface area contributed by atoms with Crippen molar-refractivity contribution in [3.8, 4) is 0 Å². The van der Waals surface area contributed by atoms with Crippen molar-refractivity contribution < 1.29 is 14.6 Å². The van der Waals surface area contributed by atoms with Crippen LogP contribution < -0.4 is 0 Å². The Balaban J connectivity index is 1.99. The molecule has 1 aliphatic carbocycles. The van der Waals surface area contributed by atoms with E-state index in [1.54, 1.807) is 19.2 Å². The van der Waals surface area contributed by atoms with E-state index in [0.717, 1.165) is 18.5 Å². The summed E-state index contributed by atoms with van der Waals surface area (Å²) in [4.78, 5) is 13.2. The molecule has 2 unspecified atom stereocenters. The van der Waals surface area contributed by atoms with Gasteiger partial charge in [-0.2, -0.15) is 0 Å². The van der Waals surface area contributed by atoms with Crippen LogP contribution in [0, 0.1) is 0 Å². The molecule has 1 aliphatic rings. The van der Waals surface area contributed by atoms with Crippen LogP contribution in [0.4, 0.5) is 0 Å². The van der Waals surface area contributed by atoms with Gasteiger partial charge in [0.15, 0.2) is 0 Å². The van der Waals surface area contributed by atoms with Crippen LogP contribution in [0.2, 0.25) is 0 Å². The largest absolute Gasteiger partial charge is 0.478 e. The number of carbonyl (C=O) groups is 1. The number of nitrogens with zero attached hydrogens (tertiary/aromatic N) is 1. The summed E-state index contributed by atoms with van der Waals surface area (Å²) in [6, 6.07) is 7.57. The van der Waals surface area contributed by atoms with Gasteiger partial charge in [-0.25, -0.2) is 4.79 Å². The molecule has 4 nitrogen and oxygen atoms in total. The Labute approximate surface area is 120 Å². The van der Waals surface area contributed by atoms with Crippen molar-refractivity contribution in [1.29, 1.82) is 0 Å². The number of carboxylic acid groups (broad SMARTS) is 1. The van der Waals surface area contributed by atoms with Crippen LogP contribution in [0.15, 0.2) is 24.3 Å². The average molecular weight is 277 g/mol. The van der Waals surface area contributed by atoms with Crippen molar-refractivity contribution in [2.24, 2.45) is 0 Å². The van der Waals surface area contributed by atoms with Gasteiger partial charge in [-0.15, -0.1) is 0 Å². The molecule has 0 heterocycles. The van der Waals surface area contributed by atoms with Crippen molar-refractivity contribution in [2.75, 3.05) is 14.2 Å². The van der Waals surface area contributed by atoms with Crippen molar-refractivity contribution in [3.05, 3.63) is 35.4 Å². The molecule has 0 spiro atoms. The Morgan fingerprint density at radius 2 is 1.95 bits per heavy atom. The maximum absolute atomic E-state index is 10.8. The van der Waals surface area contributed by atoms with Gasteiger partial charge in [-0.3, -0.25) is 4.90 Å². The molecular formula is C16H23NO3. The Hall–Kier alpha value is -1.39. The average Bonchev–Trinajstić information content (AvgIpc) is 2.47. The highest BCUT2D eigenvalue weighted by molar-refractivity contribution is 5.87. The first kappa shape index (κ1) is 15.0. The molecule has 1 aromatic carbocycles. The van der Waals surface area contributed by atoms with Crippen molar-refractivity contribution in [1.82, 2.24) is 4.90 Å². The molecule has 2 rings (SSSR count). The minimum Gasteiger partial charge on any atom is -0.478 e. The van der Waals surface area contributed by atoms with Crippen molar-refractivity contribution in [2.45, 2.75) is 44.4 Å². The first-order valence-corrected chi connectivity index (χ1v) is 7.17. The van der Waals surface area contributed by atoms with E-state index in [4.69, 9.17) is 9.84 Å². The molecule has 2 atom stereocenters. The summed E-state index contributed by atoms with van der Waals surface area (Å²) in [6.07, 6.45) is 5.11. The van der Waals surface area contributed by atoms with E-state index in [9.17, 15) is 4.79 Å². The van der Waals surface area contributed by atoms with E-state index >= 15 is 0 Å². The lowest BCUT2D eigenvalue weighted by Gasteiger charge is -2.37. The monoisotopic (exact) mass is 277 g/mol. The Morgan fingerprint density at radius 3 is 2.55 bits per heavy atom. The van der Waals surface area contributed by atoms with Gasteiger partial charge in [0, 0.05) is 19.7 Å². The molecule has 20 heavy (non-hydrogen) atoms. The quantitative estimate of drug-likeness (QED) is 0.899. The first-order valence-electron chi connectivity index (χ1n) is 7.17. The lowest BCUT2D eigenvalue weighted by atomic mass is 9.91. The second-order valence-corrected chi connectivity index (χ2v) is 5.54. The van der Waals surface area contributed by atoms with Gasteiger partial charge < -0.3 is 9.84 Å². The number of hydrogen-bond acceptors (Lipinski definition) is 3. The molecule has 1 saturated carbocycles. The predicted molar refractivity (Wildman–Crippen MR) is 77.9 cm³/mol. The fraction of sp³-hybridized carbons (Fsp3) is 0.562. The summed E-state index contributed by atoms with van der Waals surface area (Å²) in [6.45, 7) is 0.824. The van der Waals surface area contributed by atoms with Crippen LogP contribution in [0.5, 0.6) is 0 Å². The number of rotatable bonds is 5. The number of carboxylic acids is 1. The molecule has 0 saturated heterocycles. The summed E-state index contributed by atoms with van der Waals surface area (Å²) >= 11 is 0. The third kappa shape index (κ3) is 3.58. The molecule has 110 valence electrons. The molecule has 0 aromatic heterocycles. The molecule has 0 amide bonds. The van der Waals surface area contributed by atoms with Crippen LogP contribution in [-0.4, -0.2) is 42.3 Å². The van der Waals surface area contributed by atoms with E-state index in [1.807, 2.05) is 12.1 Å². The van der Waals surface area contributed by atoms with Crippen LogP contribution in [0.1, 0.15) is 41.6 Å². The van der Waals surface area contributed by atoms with Crippen LogP contribution >= 0.6 is 0 Å². The van der Waals surface area contributed by atoms with E-state index < -0.39 is 5.97 Å². The van der Waals surface area contributed by atoms with Crippen LogP contribution in [0.3, 0.4) is 0 Å². The number of methoxy groups -OCH3 is 1. The highest BCUT2D eigenvalue weighted by atomic mass is 16.5. The lowest BCUT2D eigenvalue weighted by molar-refractivity contribution is -0.00450.